The van der Waals surface area contributed by atoms with Gasteiger partial charge in [0, 0.05) is 7.05 Å². The van der Waals surface area contributed by atoms with Crippen LogP contribution in [0.5, 0.6) is 5.75 Å². The average Bonchev–Trinajstić information content (AvgIpc) is 2.07. The van der Waals surface area contributed by atoms with Gasteiger partial charge < -0.3 is 9.94 Å². The number of para-hydroxylation sites is 1. The largest absolute Gasteiger partial charge is 0.480 e. The summed E-state index contributed by atoms with van der Waals surface area (Å²) in [4.78, 5) is 15.7. The molecule has 0 fully saturated rings. The third kappa shape index (κ3) is 3.06. The summed E-state index contributed by atoms with van der Waals surface area (Å²) in [7, 11) is 1.58. The van der Waals surface area contributed by atoms with Gasteiger partial charge in [-0.25, -0.2) is 0 Å². The molecule has 4 heteroatoms. The van der Waals surface area contributed by atoms with Crippen molar-refractivity contribution < 1.29 is 14.7 Å². The second kappa shape index (κ2) is 4.62. The molecule has 0 aliphatic heterocycles. The van der Waals surface area contributed by atoms with Crippen LogP contribution < -0.4 is 4.84 Å². The van der Waals surface area contributed by atoms with E-state index in [-0.39, 0.29) is 6.54 Å². The highest BCUT2D eigenvalue weighted by atomic mass is 16.7. The topological polar surface area (TPSA) is 49.8 Å². The fourth-order valence-corrected chi connectivity index (χ4v) is 1.05. The molecule has 0 bridgehead atoms. The van der Waals surface area contributed by atoms with E-state index in [0.717, 1.165) is 5.56 Å². The van der Waals surface area contributed by atoms with Crippen molar-refractivity contribution in [3.8, 4) is 5.75 Å². The number of aryl methyl sites for hydroxylation is 1. The first-order chi connectivity index (χ1) is 6.59. The molecule has 0 unspecified atom stereocenters. The summed E-state index contributed by atoms with van der Waals surface area (Å²) >= 11 is 0. The first kappa shape index (κ1) is 10.5. The van der Waals surface area contributed by atoms with E-state index in [9.17, 15) is 4.79 Å². The standard InChI is InChI=1S/C10H13NO3/c1-8-5-3-4-6-9(8)14-11(2)7-10(12)13/h3-6H,7H2,1-2H3,(H,12,13). The second-order valence-corrected chi connectivity index (χ2v) is 3.04. The molecule has 1 N–H and O–H groups in total. The normalized spacial score (nSPS) is 10.2. The van der Waals surface area contributed by atoms with Crippen molar-refractivity contribution in [1.82, 2.24) is 5.06 Å². The van der Waals surface area contributed by atoms with Crippen molar-refractivity contribution in [2.75, 3.05) is 13.6 Å². The lowest BCUT2D eigenvalue weighted by molar-refractivity contribution is -0.145. The Morgan fingerprint density at radius 3 is 2.71 bits per heavy atom. The molecule has 0 aliphatic rings. The average molecular weight is 195 g/mol. The lowest BCUT2D eigenvalue weighted by Crippen LogP contribution is -2.29. The number of carboxylic acids is 1. The molecule has 0 amide bonds. The molecule has 0 saturated heterocycles. The van der Waals surface area contributed by atoms with Crippen LogP contribution in [0.2, 0.25) is 0 Å². The molecule has 14 heavy (non-hydrogen) atoms. The predicted molar refractivity (Wildman–Crippen MR) is 52.1 cm³/mol. The fourth-order valence-electron chi connectivity index (χ4n) is 1.05. The van der Waals surface area contributed by atoms with Crippen LogP contribution in [0.15, 0.2) is 24.3 Å². The Balaban J connectivity index is 2.60. The van der Waals surface area contributed by atoms with E-state index in [1.165, 1.54) is 5.06 Å². The number of hydroxylamine groups is 2. The minimum absolute atomic E-state index is 0.145. The number of carboxylic acid groups (broad SMARTS) is 1. The summed E-state index contributed by atoms with van der Waals surface area (Å²) in [6.07, 6.45) is 0. The SMILES string of the molecule is Cc1ccccc1ON(C)CC(=O)O. The quantitative estimate of drug-likeness (QED) is 0.736. The molecule has 0 radical (unpaired) electrons. The molecule has 0 aliphatic carbocycles. The summed E-state index contributed by atoms with van der Waals surface area (Å²) in [5.41, 5.74) is 0.977. The highest BCUT2D eigenvalue weighted by Gasteiger charge is 2.06. The summed E-state index contributed by atoms with van der Waals surface area (Å²) in [5.74, 6) is -0.239. The number of aliphatic carboxylic acids is 1. The van der Waals surface area contributed by atoms with Gasteiger partial charge in [-0.2, -0.15) is 0 Å². The van der Waals surface area contributed by atoms with E-state index in [4.69, 9.17) is 9.94 Å². The zero-order valence-corrected chi connectivity index (χ0v) is 8.23. The van der Waals surface area contributed by atoms with Crippen LogP contribution in [0, 0.1) is 6.92 Å². The molecule has 76 valence electrons. The zero-order chi connectivity index (χ0) is 10.6. The molecule has 0 heterocycles. The van der Waals surface area contributed by atoms with Gasteiger partial charge in [0.1, 0.15) is 12.3 Å². The minimum atomic E-state index is -0.916. The van der Waals surface area contributed by atoms with Gasteiger partial charge in [-0.05, 0) is 18.6 Å². The highest BCUT2D eigenvalue weighted by molar-refractivity contribution is 5.68. The Morgan fingerprint density at radius 1 is 1.50 bits per heavy atom. The number of likely N-dealkylation sites (N-methyl/N-ethyl adjacent to an activating group) is 1. The fraction of sp³-hybridized carbons (Fsp3) is 0.300. The van der Waals surface area contributed by atoms with E-state index in [1.54, 1.807) is 13.1 Å². The Kier molecular flexibility index (Phi) is 3.48. The molecule has 1 rings (SSSR count). The van der Waals surface area contributed by atoms with E-state index < -0.39 is 5.97 Å². The Morgan fingerprint density at radius 2 is 2.14 bits per heavy atom. The number of hydrogen-bond donors (Lipinski definition) is 1. The smallest absolute Gasteiger partial charge is 0.321 e. The van der Waals surface area contributed by atoms with Gasteiger partial charge >= 0.3 is 5.97 Å². The molecule has 4 nitrogen and oxygen atoms in total. The number of rotatable bonds is 4. The van der Waals surface area contributed by atoms with Crippen molar-refractivity contribution in [2.24, 2.45) is 0 Å². The van der Waals surface area contributed by atoms with Crippen molar-refractivity contribution in [3.05, 3.63) is 29.8 Å². The lowest BCUT2D eigenvalue weighted by atomic mass is 10.2. The van der Waals surface area contributed by atoms with Crippen LogP contribution in [0.3, 0.4) is 0 Å². The molecule has 0 spiro atoms. The van der Waals surface area contributed by atoms with Crippen molar-refractivity contribution >= 4 is 5.97 Å². The maximum absolute atomic E-state index is 10.4. The maximum atomic E-state index is 10.4. The second-order valence-electron chi connectivity index (χ2n) is 3.04. The molecular weight excluding hydrogens is 182 g/mol. The van der Waals surface area contributed by atoms with Crippen LogP contribution in [0.1, 0.15) is 5.56 Å². The van der Waals surface area contributed by atoms with Crippen LogP contribution in [-0.4, -0.2) is 29.7 Å². The Labute approximate surface area is 82.7 Å². The van der Waals surface area contributed by atoms with Gasteiger partial charge in [0.25, 0.3) is 0 Å². The number of hydrogen-bond acceptors (Lipinski definition) is 3. The van der Waals surface area contributed by atoms with E-state index in [1.807, 2.05) is 25.1 Å². The third-order valence-corrected chi connectivity index (χ3v) is 1.71. The first-order valence-electron chi connectivity index (χ1n) is 4.26. The van der Waals surface area contributed by atoms with Crippen LogP contribution >= 0.6 is 0 Å². The Hall–Kier alpha value is -1.55. The third-order valence-electron chi connectivity index (χ3n) is 1.71. The summed E-state index contributed by atoms with van der Waals surface area (Å²) in [6, 6.07) is 7.45. The van der Waals surface area contributed by atoms with Gasteiger partial charge in [0.15, 0.2) is 0 Å². The van der Waals surface area contributed by atoms with E-state index >= 15 is 0 Å². The number of nitrogens with zero attached hydrogens (tertiary/aromatic N) is 1. The molecule has 0 aromatic heterocycles. The monoisotopic (exact) mass is 195 g/mol. The maximum Gasteiger partial charge on any atom is 0.321 e. The number of benzene rings is 1. The minimum Gasteiger partial charge on any atom is -0.480 e. The van der Waals surface area contributed by atoms with E-state index in [0.29, 0.717) is 5.75 Å². The molecule has 0 atom stereocenters. The molecule has 1 aromatic rings. The molecular formula is C10H13NO3. The van der Waals surface area contributed by atoms with E-state index in [2.05, 4.69) is 0 Å². The highest BCUT2D eigenvalue weighted by Crippen LogP contribution is 2.16. The van der Waals surface area contributed by atoms with Crippen LogP contribution in [-0.2, 0) is 4.79 Å². The lowest BCUT2D eigenvalue weighted by Gasteiger charge is -2.16. The van der Waals surface area contributed by atoms with Gasteiger partial charge in [-0.15, -0.1) is 5.06 Å². The van der Waals surface area contributed by atoms with Gasteiger partial charge in [-0.1, -0.05) is 18.2 Å². The van der Waals surface area contributed by atoms with Crippen molar-refractivity contribution in [3.63, 3.8) is 0 Å². The van der Waals surface area contributed by atoms with Crippen molar-refractivity contribution in [1.29, 1.82) is 0 Å². The molecule has 1 aromatic carbocycles. The van der Waals surface area contributed by atoms with Gasteiger partial charge in [-0.3, -0.25) is 4.79 Å². The van der Waals surface area contributed by atoms with Crippen LogP contribution in [0.4, 0.5) is 0 Å². The summed E-state index contributed by atoms with van der Waals surface area (Å²) in [5, 5.41) is 9.79. The van der Waals surface area contributed by atoms with Gasteiger partial charge in [0.2, 0.25) is 0 Å². The number of carbonyl (C=O) groups is 1. The first-order valence-corrected chi connectivity index (χ1v) is 4.26. The van der Waals surface area contributed by atoms with Crippen LogP contribution in [0.25, 0.3) is 0 Å². The van der Waals surface area contributed by atoms with Crippen molar-refractivity contribution in [2.45, 2.75) is 6.92 Å². The Bertz CT molecular complexity index is 325. The summed E-state index contributed by atoms with van der Waals surface area (Å²) < 4.78 is 0. The zero-order valence-electron chi connectivity index (χ0n) is 8.23. The summed E-state index contributed by atoms with van der Waals surface area (Å²) in [6.45, 7) is 1.76. The molecule has 0 saturated carbocycles. The van der Waals surface area contributed by atoms with Gasteiger partial charge in [0.05, 0.1) is 0 Å². The predicted octanol–water partition coefficient (Wildman–Crippen LogP) is 1.31.